The summed E-state index contributed by atoms with van der Waals surface area (Å²) in [4.78, 5) is 23.4. The van der Waals surface area contributed by atoms with Crippen LogP contribution in [0.1, 0.15) is 27.6 Å². The van der Waals surface area contributed by atoms with E-state index in [-0.39, 0.29) is 24.3 Å². The van der Waals surface area contributed by atoms with E-state index in [1.165, 1.54) is 19.2 Å². The van der Waals surface area contributed by atoms with E-state index >= 15 is 0 Å². The zero-order chi connectivity index (χ0) is 18.9. The van der Waals surface area contributed by atoms with Crippen LogP contribution in [-0.4, -0.2) is 42.0 Å². The number of carbonyl (C=O) groups excluding carboxylic acids is 2. The van der Waals surface area contributed by atoms with Gasteiger partial charge in [-0.3, -0.25) is 0 Å². The van der Waals surface area contributed by atoms with E-state index in [1.54, 1.807) is 12.1 Å². The topological polar surface area (TPSA) is 105 Å². The number of esters is 1. The predicted molar refractivity (Wildman–Crippen MR) is 93.4 cm³/mol. The monoisotopic (exact) mass is 359 g/mol. The van der Waals surface area contributed by atoms with Gasteiger partial charge in [-0.15, -0.1) is 0 Å². The first kappa shape index (κ1) is 19.4. The number of aliphatic hydroxyl groups excluding tert-OH is 2. The fourth-order valence-electron chi connectivity index (χ4n) is 2.33. The minimum absolute atomic E-state index is 0.0937. The zero-order valence-electron chi connectivity index (χ0n) is 14.3. The van der Waals surface area contributed by atoms with Gasteiger partial charge in [0.1, 0.15) is 18.8 Å². The van der Waals surface area contributed by atoms with Crippen molar-refractivity contribution in [3.63, 3.8) is 0 Å². The first-order chi connectivity index (χ1) is 12.5. The molecular formula is C19H21NO6. The van der Waals surface area contributed by atoms with Gasteiger partial charge < -0.3 is 25.0 Å². The Labute approximate surface area is 151 Å². The fraction of sp³-hybridized carbons (Fsp3) is 0.263. The molecule has 0 aliphatic rings. The molecule has 138 valence electrons. The van der Waals surface area contributed by atoms with Crippen molar-refractivity contribution < 1.29 is 29.3 Å². The molecule has 0 aromatic heterocycles. The summed E-state index contributed by atoms with van der Waals surface area (Å²) in [6.07, 6.45) is -3.42. The lowest BCUT2D eigenvalue weighted by Crippen LogP contribution is -2.36. The molecule has 0 saturated carbocycles. The quantitative estimate of drug-likeness (QED) is 0.651. The molecule has 0 aliphatic heterocycles. The number of hydrogen-bond donors (Lipinski definition) is 3. The first-order valence-corrected chi connectivity index (χ1v) is 8.01. The number of alkyl carbamates (subject to hydrolysis) is 1. The lowest BCUT2D eigenvalue weighted by molar-refractivity contribution is 0.0171. The molecule has 0 heterocycles. The van der Waals surface area contributed by atoms with Gasteiger partial charge >= 0.3 is 12.1 Å². The van der Waals surface area contributed by atoms with Crippen molar-refractivity contribution in [3.8, 4) is 0 Å². The van der Waals surface area contributed by atoms with Crippen LogP contribution in [0.2, 0.25) is 0 Å². The van der Waals surface area contributed by atoms with E-state index in [0.717, 1.165) is 5.56 Å². The number of nitrogens with one attached hydrogen (secondary N) is 1. The summed E-state index contributed by atoms with van der Waals surface area (Å²) >= 11 is 0. The summed E-state index contributed by atoms with van der Waals surface area (Å²) in [5, 5.41) is 22.8. The number of hydrogen-bond acceptors (Lipinski definition) is 6. The number of aliphatic hydroxyl groups is 2. The Bertz CT molecular complexity index is 734. The minimum atomic E-state index is -1.38. The third-order valence-corrected chi connectivity index (χ3v) is 3.72. The van der Waals surface area contributed by atoms with Gasteiger partial charge in [-0.25, -0.2) is 9.59 Å². The number of rotatable bonds is 7. The summed E-state index contributed by atoms with van der Waals surface area (Å²) in [7, 11) is 1.23. The van der Waals surface area contributed by atoms with Crippen LogP contribution in [0.3, 0.4) is 0 Å². The molecule has 1 amide bonds. The lowest BCUT2D eigenvalue weighted by Gasteiger charge is -2.20. The van der Waals surface area contributed by atoms with Crippen LogP contribution in [0.5, 0.6) is 0 Å². The summed E-state index contributed by atoms with van der Waals surface area (Å²) in [5.41, 5.74) is 1.19. The Balaban J connectivity index is 1.88. The van der Waals surface area contributed by atoms with E-state index in [4.69, 9.17) is 4.74 Å². The maximum atomic E-state index is 11.7. The van der Waals surface area contributed by atoms with Gasteiger partial charge in [0.25, 0.3) is 0 Å². The number of carbonyl (C=O) groups is 2. The molecule has 0 aliphatic carbocycles. The molecule has 0 bridgehead atoms. The van der Waals surface area contributed by atoms with Crippen LogP contribution in [0.4, 0.5) is 4.79 Å². The van der Waals surface area contributed by atoms with Gasteiger partial charge in [-0.2, -0.15) is 0 Å². The molecule has 2 rings (SSSR count). The first-order valence-electron chi connectivity index (χ1n) is 8.01. The van der Waals surface area contributed by atoms with Crippen molar-refractivity contribution >= 4 is 12.1 Å². The summed E-state index contributed by atoms with van der Waals surface area (Å²) in [6, 6.07) is 15.4. The molecule has 2 unspecified atom stereocenters. The Kier molecular flexibility index (Phi) is 7.13. The maximum absolute atomic E-state index is 11.7. The Morgan fingerprint density at radius 1 is 1.04 bits per heavy atom. The Hall–Kier alpha value is -2.90. The molecule has 26 heavy (non-hydrogen) atoms. The smallest absolute Gasteiger partial charge is 0.407 e. The zero-order valence-corrected chi connectivity index (χ0v) is 14.3. The average molecular weight is 359 g/mol. The largest absolute Gasteiger partial charge is 0.465 e. The van der Waals surface area contributed by atoms with Crippen LogP contribution in [0.15, 0.2) is 54.6 Å². The standard InChI is InChI=1S/C19H21NO6/c1-25-18(23)15-10-6-5-9-14(15)17(22)16(21)11-20-19(24)26-12-13-7-3-2-4-8-13/h2-10,16-17,21-22H,11-12H2,1H3,(H,20,24). The predicted octanol–water partition coefficient (Wildman–Crippen LogP) is 1.79. The van der Waals surface area contributed by atoms with Crippen molar-refractivity contribution in [1.82, 2.24) is 5.32 Å². The van der Waals surface area contributed by atoms with Gasteiger partial charge in [0.15, 0.2) is 0 Å². The Morgan fingerprint density at radius 3 is 2.38 bits per heavy atom. The SMILES string of the molecule is COC(=O)c1ccccc1C(O)C(O)CNC(=O)OCc1ccccc1. The Morgan fingerprint density at radius 2 is 1.69 bits per heavy atom. The molecule has 2 aromatic carbocycles. The fourth-order valence-corrected chi connectivity index (χ4v) is 2.33. The highest BCUT2D eigenvalue weighted by Crippen LogP contribution is 2.21. The number of methoxy groups -OCH3 is 1. The van der Waals surface area contributed by atoms with Crippen molar-refractivity contribution in [2.24, 2.45) is 0 Å². The van der Waals surface area contributed by atoms with E-state index in [9.17, 15) is 19.8 Å². The van der Waals surface area contributed by atoms with Crippen molar-refractivity contribution in [1.29, 1.82) is 0 Å². The summed E-state index contributed by atoms with van der Waals surface area (Å²) < 4.78 is 9.68. The molecule has 0 spiro atoms. The molecule has 0 radical (unpaired) electrons. The second-order valence-electron chi connectivity index (χ2n) is 5.53. The van der Waals surface area contributed by atoms with Crippen molar-refractivity contribution in [2.45, 2.75) is 18.8 Å². The van der Waals surface area contributed by atoms with Crippen LogP contribution >= 0.6 is 0 Å². The number of amides is 1. The number of ether oxygens (including phenoxy) is 2. The van der Waals surface area contributed by atoms with Gasteiger partial charge in [0.2, 0.25) is 0 Å². The van der Waals surface area contributed by atoms with Gasteiger partial charge in [-0.05, 0) is 17.2 Å². The van der Waals surface area contributed by atoms with Gasteiger partial charge in [0.05, 0.1) is 12.7 Å². The highest BCUT2D eigenvalue weighted by Gasteiger charge is 2.24. The van der Waals surface area contributed by atoms with Gasteiger partial charge in [0, 0.05) is 6.54 Å². The molecule has 2 atom stereocenters. The molecule has 0 saturated heterocycles. The van der Waals surface area contributed by atoms with Crippen molar-refractivity contribution in [3.05, 3.63) is 71.3 Å². The van der Waals surface area contributed by atoms with E-state index in [0.29, 0.717) is 0 Å². The second-order valence-corrected chi connectivity index (χ2v) is 5.53. The van der Waals surface area contributed by atoms with E-state index in [1.807, 2.05) is 30.3 Å². The maximum Gasteiger partial charge on any atom is 0.407 e. The second kappa shape index (κ2) is 9.55. The summed E-state index contributed by atoms with van der Waals surface area (Å²) in [5.74, 6) is -0.623. The number of benzene rings is 2. The van der Waals surface area contributed by atoms with Crippen LogP contribution < -0.4 is 5.32 Å². The molecule has 7 nitrogen and oxygen atoms in total. The van der Waals surface area contributed by atoms with E-state index < -0.39 is 24.3 Å². The van der Waals surface area contributed by atoms with Crippen LogP contribution in [0, 0.1) is 0 Å². The molecule has 3 N–H and O–H groups in total. The van der Waals surface area contributed by atoms with E-state index in [2.05, 4.69) is 10.1 Å². The third-order valence-electron chi connectivity index (χ3n) is 3.72. The van der Waals surface area contributed by atoms with Crippen LogP contribution in [0.25, 0.3) is 0 Å². The highest BCUT2D eigenvalue weighted by molar-refractivity contribution is 5.91. The lowest BCUT2D eigenvalue weighted by atomic mass is 9.98. The molecular weight excluding hydrogens is 338 g/mol. The average Bonchev–Trinajstić information content (AvgIpc) is 2.70. The molecule has 0 fully saturated rings. The summed E-state index contributed by atoms with van der Waals surface area (Å²) in [6.45, 7) is -0.152. The highest BCUT2D eigenvalue weighted by atomic mass is 16.5. The van der Waals surface area contributed by atoms with Gasteiger partial charge in [-0.1, -0.05) is 48.5 Å². The molecule has 7 heteroatoms. The van der Waals surface area contributed by atoms with Crippen molar-refractivity contribution in [2.75, 3.05) is 13.7 Å². The normalized spacial score (nSPS) is 12.7. The van der Waals surface area contributed by atoms with Crippen LogP contribution in [-0.2, 0) is 16.1 Å². The molecule has 2 aromatic rings. The minimum Gasteiger partial charge on any atom is -0.465 e. The third kappa shape index (κ3) is 5.30.